The first-order chi connectivity index (χ1) is 9.70. The van der Waals surface area contributed by atoms with Crippen molar-refractivity contribution in [3.8, 4) is 0 Å². The van der Waals surface area contributed by atoms with E-state index in [1.807, 2.05) is 0 Å². The van der Waals surface area contributed by atoms with Crippen LogP contribution in [0.15, 0.2) is 30.3 Å². The maximum absolute atomic E-state index is 4.77. The molecule has 2 N–H and O–H groups in total. The van der Waals surface area contributed by atoms with E-state index in [9.17, 15) is 0 Å². The molecule has 0 spiro atoms. The first kappa shape index (κ1) is 14.8. The van der Waals surface area contributed by atoms with Crippen molar-refractivity contribution in [3.63, 3.8) is 0 Å². The molecule has 0 bridgehead atoms. The van der Waals surface area contributed by atoms with Gasteiger partial charge in [-0.25, -0.2) is 4.98 Å². The number of anilines is 1. The topological polar surface area (TPSA) is 37.0 Å². The van der Waals surface area contributed by atoms with E-state index >= 15 is 0 Å². The first-order valence-corrected chi connectivity index (χ1v) is 7.54. The molecule has 0 aliphatic heterocycles. The van der Waals surface area contributed by atoms with Gasteiger partial charge in [-0.3, -0.25) is 0 Å². The highest BCUT2D eigenvalue weighted by molar-refractivity contribution is 5.92. The van der Waals surface area contributed by atoms with Crippen LogP contribution in [0.25, 0.3) is 10.8 Å². The van der Waals surface area contributed by atoms with Gasteiger partial charge in [0.05, 0.1) is 5.69 Å². The maximum atomic E-state index is 4.77. The summed E-state index contributed by atoms with van der Waals surface area (Å²) in [5, 5.41) is 9.35. The second-order valence-corrected chi connectivity index (χ2v) is 5.63. The number of benzene rings is 1. The van der Waals surface area contributed by atoms with Crippen molar-refractivity contribution in [3.05, 3.63) is 36.0 Å². The lowest BCUT2D eigenvalue weighted by Gasteiger charge is -2.13. The van der Waals surface area contributed by atoms with Crippen LogP contribution in [0.3, 0.4) is 0 Å². The quantitative estimate of drug-likeness (QED) is 0.752. The van der Waals surface area contributed by atoms with Crippen LogP contribution in [0.2, 0.25) is 0 Å². The molecule has 2 aromatic rings. The van der Waals surface area contributed by atoms with Crippen molar-refractivity contribution < 1.29 is 0 Å². The van der Waals surface area contributed by atoms with E-state index in [1.165, 1.54) is 10.8 Å². The van der Waals surface area contributed by atoms with E-state index in [4.69, 9.17) is 4.98 Å². The van der Waals surface area contributed by atoms with Crippen molar-refractivity contribution in [2.24, 2.45) is 5.92 Å². The molecule has 3 heteroatoms. The first-order valence-electron chi connectivity index (χ1n) is 7.54. The zero-order valence-electron chi connectivity index (χ0n) is 12.7. The van der Waals surface area contributed by atoms with Crippen LogP contribution >= 0.6 is 0 Å². The molecule has 0 aliphatic rings. The number of hydrogen-bond donors (Lipinski definition) is 2. The third kappa shape index (κ3) is 3.94. The van der Waals surface area contributed by atoms with E-state index < -0.39 is 0 Å². The number of rotatable bonds is 7. The summed E-state index contributed by atoms with van der Waals surface area (Å²) in [5.41, 5.74) is 1.10. The summed E-state index contributed by atoms with van der Waals surface area (Å²) >= 11 is 0. The molecule has 20 heavy (non-hydrogen) atoms. The van der Waals surface area contributed by atoms with Gasteiger partial charge in [0.15, 0.2) is 0 Å². The minimum atomic E-state index is 0.609. The molecular weight excluding hydrogens is 246 g/mol. The Labute approximate surface area is 121 Å². The Hall–Kier alpha value is -1.61. The van der Waals surface area contributed by atoms with Gasteiger partial charge in [-0.2, -0.15) is 0 Å². The Bertz CT molecular complexity index is 549. The Balaban J connectivity index is 2.26. The van der Waals surface area contributed by atoms with Crippen molar-refractivity contribution in [1.29, 1.82) is 0 Å². The van der Waals surface area contributed by atoms with Crippen LogP contribution in [0, 0.1) is 5.92 Å². The second kappa shape index (κ2) is 7.25. The predicted molar refractivity (Wildman–Crippen MR) is 87.1 cm³/mol. The molecule has 1 aromatic heterocycles. The van der Waals surface area contributed by atoms with Gasteiger partial charge < -0.3 is 10.6 Å². The zero-order valence-corrected chi connectivity index (χ0v) is 12.7. The van der Waals surface area contributed by atoms with Crippen molar-refractivity contribution in [2.45, 2.75) is 33.7 Å². The molecule has 108 valence electrons. The van der Waals surface area contributed by atoms with Crippen LogP contribution in [0.5, 0.6) is 0 Å². The van der Waals surface area contributed by atoms with Crippen molar-refractivity contribution in [2.75, 3.05) is 18.4 Å². The van der Waals surface area contributed by atoms with E-state index in [0.29, 0.717) is 5.92 Å². The number of fused-ring (bicyclic) bond motifs is 1. The second-order valence-electron chi connectivity index (χ2n) is 5.63. The standard InChI is InChI=1S/C17H25N3/c1-4-9-18-12-15-10-14-7-5-6-8-16(14)17(20-15)19-11-13(2)3/h5-8,10,13,18H,4,9,11-12H2,1-3H3,(H,19,20). The molecule has 0 amide bonds. The van der Waals surface area contributed by atoms with Gasteiger partial charge in [0, 0.05) is 18.5 Å². The molecule has 3 nitrogen and oxygen atoms in total. The van der Waals surface area contributed by atoms with Crippen LogP contribution < -0.4 is 10.6 Å². The molecule has 0 atom stereocenters. The van der Waals surface area contributed by atoms with Crippen LogP contribution in [0.1, 0.15) is 32.9 Å². The van der Waals surface area contributed by atoms with Gasteiger partial charge in [0.25, 0.3) is 0 Å². The van der Waals surface area contributed by atoms with Crippen LogP contribution in [0.4, 0.5) is 5.82 Å². The molecule has 1 heterocycles. The minimum absolute atomic E-state index is 0.609. The summed E-state index contributed by atoms with van der Waals surface area (Å²) in [5.74, 6) is 1.61. The molecule has 0 radical (unpaired) electrons. The van der Waals surface area contributed by atoms with Gasteiger partial charge >= 0.3 is 0 Å². The number of nitrogens with one attached hydrogen (secondary N) is 2. The van der Waals surface area contributed by atoms with Crippen molar-refractivity contribution in [1.82, 2.24) is 10.3 Å². The van der Waals surface area contributed by atoms with Crippen LogP contribution in [-0.4, -0.2) is 18.1 Å². The summed E-state index contributed by atoms with van der Waals surface area (Å²) in [6, 6.07) is 10.6. The average molecular weight is 271 g/mol. The summed E-state index contributed by atoms with van der Waals surface area (Å²) in [7, 11) is 0. The fourth-order valence-electron chi connectivity index (χ4n) is 2.17. The van der Waals surface area contributed by atoms with E-state index in [1.54, 1.807) is 0 Å². The van der Waals surface area contributed by atoms with Gasteiger partial charge in [-0.05, 0) is 30.3 Å². The van der Waals surface area contributed by atoms with Gasteiger partial charge in [0.2, 0.25) is 0 Å². The van der Waals surface area contributed by atoms with E-state index in [0.717, 1.165) is 37.6 Å². The average Bonchev–Trinajstić information content (AvgIpc) is 2.45. The molecule has 0 saturated heterocycles. The summed E-state index contributed by atoms with van der Waals surface area (Å²) in [6.45, 7) is 9.40. The fourth-order valence-corrected chi connectivity index (χ4v) is 2.17. The Morgan fingerprint density at radius 1 is 1.20 bits per heavy atom. The minimum Gasteiger partial charge on any atom is -0.369 e. The lowest BCUT2D eigenvalue weighted by Crippen LogP contribution is -2.16. The molecule has 0 unspecified atom stereocenters. The lowest BCUT2D eigenvalue weighted by molar-refractivity contribution is 0.663. The maximum Gasteiger partial charge on any atom is 0.134 e. The molecular formula is C17H25N3. The molecule has 0 fully saturated rings. The highest BCUT2D eigenvalue weighted by atomic mass is 15.0. The third-order valence-electron chi connectivity index (χ3n) is 3.20. The molecule has 0 saturated carbocycles. The fraction of sp³-hybridized carbons (Fsp3) is 0.471. The predicted octanol–water partition coefficient (Wildman–Crippen LogP) is 3.80. The highest BCUT2D eigenvalue weighted by Crippen LogP contribution is 2.22. The molecule has 0 aliphatic carbocycles. The Morgan fingerprint density at radius 2 is 2.00 bits per heavy atom. The number of nitrogens with zero attached hydrogens (tertiary/aromatic N) is 1. The largest absolute Gasteiger partial charge is 0.369 e. The lowest BCUT2D eigenvalue weighted by atomic mass is 10.1. The Morgan fingerprint density at radius 3 is 2.75 bits per heavy atom. The van der Waals surface area contributed by atoms with Crippen LogP contribution in [-0.2, 0) is 6.54 Å². The number of aromatic nitrogens is 1. The molecule has 1 aromatic carbocycles. The SMILES string of the molecule is CCCNCc1cc2ccccc2c(NCC(C)C)n1. The van der Waals surface area contributed by atoms with E-state index in [-0.39, 0.29) is 0 Å². The van der Waals surface area contributed by atoms with Gasteiger partial charge in [-0.1, -0.05) is 45.0 Å². The molecule has 2 rings (SSSR count). The zero-order chi connectivity index (χ0) is 14.4. The summed E-state index contributed by atoms with van der Waals surface area (Å²) in [4.78, 5) is 4.77. The number of pyridine rings is 1. The third-order valence-corrected chi connectivity index (χ3v) is 3.20. The normalized spacial score (nSPS) is 11.2. The van der Waals surface area contributed by atoms with Gasteiger partial charge in [0.1, 0.15) is 5.82 Å². The highest BCUT2D eigenvalue weighted by Gasteiger charge is 2.06. The summed E-state index contributed by atoms with van der Waals surface area (Å²) < 4.78 is 0. The van der Waals surface area contributed by atoms with E-state index in [2.05, 4.69) is 61.7 Å². The number of hydrogen-bond acceptors (Lipinski definition) is 3. The van der Waals surface area contributed by atoms with Crippen molar-refractivity contribution >= 4 is 16.6 Å². The van der Waals surface area contributed by atoms with Gasteiger partial charge in [-0.15, -0.1) is 0 Å². The summed E-state index contributed by atoms with van der Waals surface area (Å²) in [6.07, 6.45) is 1.14. The Kier molecular flexibility index (Phi) is 5.36. The monoisotopic (exact) mass is 271 g/mol. The smallest absolute Gasteiger partial charge is 0.134 e.